The molecule has 0 aliphatic carbocycles. The summed E-state index contributed by atoms with van der Waals surface area (Å²) in [7, 11) is 1.78. The zero-order valence-corrected chi connectivity index (χ0v) is 11.2. The highest BCUT2D eigenvalue weighted by Crippen LogP contribution is 2.33. The van der Waals surface area contributed by atoms with Gasteiger partial charge in [-0.15, -0.1) is 0 Å². The zero-order valence-electron chi connectivity index (χ0n) is 11.2. The fourth-order valence-electron chi connectivity index (χ4n) is 2.30. The lowest BCUT2D eigenvalue weighted by Gasteiger charge is -2.24. The molecule has 2 atom stereocenters. The van der Waals surface area contributed by atoms with Crippen molar-refractivity contribution in [3.05, 3.63) is 39.4 Å². The molecule has 2 unspecified atom stereocenters. The van der Waals surface area contributed by atoms with Crippen LogP contribution in [0.5, 0.6) is 0 Å². The van der Waals surface area contributed by atoms with E-state index >= 15 is 0 Å². The number of likely N-dealkylation sites (N-methyl/N-ethyl adjacent to an activating group) is 1. The van der Waals surface area contributed by atoms with Crippen LogP contribution in [0.3, 0.4) is 0 Å². The number of rotatable bonds is 6. The number of non-ortho nitro benzene ring substituents is 1. The minimum Gasteiger partial charge on any atom is -0.316 e. The second-order valence-electron chi connectivity index (χ2n) is 4.46. The highest BCUT2D eigenvalue weighted by molar-refractivity contribution is 5.42. The van der Waals surface area contributed by atoms with Gasteiger partial charge in [0.1, 0.15) is 0 Å². The first-order valence-corrected chi connectivity index (χ1v) is 6.16. The predicted octanol–water partition coefficient (Wildman–Crippen LogP) is 3.63. The van der Waals surface area contributed by atoms with Crippen molar-refractivity contribution < 1.29 is 13.7 Å². The van der Waals surface area contributed by atoms with E-state index in [9.17, 15) is 18.9 Å². The van der Waals surface area contributed by atoms with Gasteiger partial charge in [0.2, 0.25) is 0 Å². The number of hydrogen-bond donors (Lipinski definition) is 1. The molecule has 19 heavy (non-hydrogen) atoms. The van der Waals surface area contributed by atoms with Crippen molar-refractivity contribution >= 4 is 5.69 Å². The third-order valence-corrected chi connectivity index (χ3v) is 3.42. The number of hydrogen-bond acceptors (Lipinski definition) is 3. The number of nitro groups is 1. The Balaban J connectivity index is 3.23. The quantitative estimate of drug-likeness (QED) is 0.635. The first kappa shape index (κ1) is 15.5. The average Bonchev–Trinajstić information content (AvgIpc) is 2.39. The van der Waals surface area contributed by atoms with Gasteiger partial charge in [-0.1, -0.05) is 19.9 Å². The topological polar surface area (TPSA) is 55.2 Å². The smallest absolute Gasteiger partial charge is 0.269 e. The van der Waals surface area contributed by atoms with Crippen LogP contribution in [-0.2, 0) is 0 Å². The van der Waals surface area contributed by atoms with Crippen LogP contribution in [0.25, 0.3) is 0 Å². The summed E-state index contributed by atoms with van der Waals surface area (Å²) in [5.41, 5.74) is -0.0963. The van der Waals surface area contributed by atoms with Crippen LogP contribution in [0.4, 0.5) is 14.5 Å². The van der Waals surface area contributed by atoms with E-state index in [1.54, 1.807) is 7.05 Å². The Hall–Kier alpha value is -1.56. The van der Waals surface area contributed by atoms with E-state index in [4.69, 9.17) is 0 Å². The Morgan fingerprint density at radius 2 is 2.00 bits per heavy atom. The molecule has 0 amide bonds. The average molecular weight is 272 g/mol. The molecule has 0 heterocycles. The summed E-state index contributed by atoms with van der Waals surface area (Å²) in [4.78, 5) is 9.99. The van der Waals surface area contributed by atoms with Gasteiger partial charge in [-0.05, 0) is 24.9 Å². The van der Waals surface area contributed by atoms with Crippen LogP contribution in [0, 0.1) is 10.1 Å². The second-order valence-corrected chi connectivity index (χ2v) is 4.46. The second kappa shape index (κ2) is 6.56. The van der Waals surface area contributed by atoms with Crippen LogP contribution in [0.15, 0.2) is 18.2 Å². The van der Waals surface area contributed by atoms with E-state index in [0.717, 1.165) is 12.5 Å². The van der Waals surface area contributed by atoms with E-state index in [1.807, 2.05) is 13.8 Å². The van der Waals surface area contributed by atoms with Crippen molar-refractivity contribution in [2.45, 2.75) is 38.7 Å². The Kier molecular flexibility index (Phi) is 5.35. The summed E-state index contributed by atoms with van der Waals surface area (Å²) < 4.78 is 26.1. The molecular formula is C13H18F2N2O2. The molecule has 1 aromatic carbocycles. The Morgan fingerprint density at radius 3 is 2.42 bits per heavy atom. The monoisotopic (exact) mass is 272 g/mol. The fourth-order valence-corrected chi connectivity index (χ4v) is 2.30. The van der Waals surface area contributed by atoms with Crippen molar-refractivity contribution in [2.75, 3.05) is 7.05 Å². The molecule has 4 nitrogen and oxygen atoms in total. The van der Waals surface area contributed by atoms with Gasteiger partial charge in [0.15, 0.2) is 0 Å². The van der Waals surface area contributed by atoms with E-state index in [1.165, 1.54) is 12.1 Å². The minimum atomic E-state index is -2.72. The molecule has 6 heteroatoms. The zero-order chi connectivity index (χ0) is 14.6. The molecule has 1 rings (SSSR count). The van der Waals surface area contributed by atoms with E-state index < -0.39 is 11.3 Å². The summed E-state index contributed by atoms with van der Waals surface area (Å²) >= 11 is 0. The van der Waals surface area contributed by atoms with Gasteiger partial charge in [-0.2, -0.15) is 0 Å². The van der Waals surface area contributed by atoms with E-state index in [-0.39, 0.29) is 23.2 Å². The highest BCUT2D eigenvalue weighted by atomic mass is 19.3. The molecule has 0 radical (unpaired) electrons. The molecule has 0 bridgehead atoms. The molecule has 0 saturated heterocycles. The number of nitro benzene ring substituents is 1. The minimum absolute atomic E-state index is 0.0546. The summed E-state index contributed by atoms with van der Waals surface area (Å²) in [6, 6.07) is 3.74. The molecule has 1 aromatic rings. The Bertz CT molecular complexity index is 448. The van der Waals surface area contributed by atoms with Gasteiger partial charge in [-0.25, -0.2) is 8.78 Å². The van der Waals surface area contributed by atoms with Gasteiger partial charge in [0, 0.05) is 23.7 Å². The largest absolute Gasteiger partial charge is 0.316 e. The summed E-state index contributed by atoms with van der Waals surface area (Å²) in [5.74, 6) is -0.139. The van der Waals surface area contributed by atoms with Gasteiger partial charge in [-0.3, -0.25) is 10.1 Å². The molecule has 0 saturated carbocycles. The maximum atomic E-state index is 13.1. The SMILES string of the molecule is CCC(NC)C(C)c1ccc([N+](=O)[O-])cc1C(F)F. The maximum absolute atomic E-state index is 13.1. The van der Waals surface area contributed by atoms with Crippen molar-refractivity contribution in [1.82, 2.24) is 5.32 Å². The van der Waals surface area contributed by atoms with Crippen molar-refractivity contribution in [1.29, 1.82) is 0 Å². The normalized spacial score (nSPS) is 14.4. The standard InChI is InChI=1S/C13H18F2N2O2/c1-4-12(16-3)8(2)10-6-5-9(17(18)19)7-11(10)13(14)15/h5-8,12-13,16H,4H2,1-3H3. The molecule has 0 fully saturated rings. The molecular weight excluding hydrogens is 254 g/mol. The summed E-state index contributed by atoms with van der Waals surface area (Å²) in [6.45, 7) is 3.81. The number of nitrogens with zero attached hydrogens (tertiary/aromatic N) is 1. The lowest BCUT2D eigenvalue weighted by Crippen LogP contribution is -2.30. The van der Waals surface area contributed by atoms with Gasteiger partial charge >= 0.3 is 0 Å². The molecule has 0 spiro atoms. The molecule has 106 valence electrons. The van der Waals surface area contributed by atoms with Crippen LogP contribution in [0.1, 0.15) is 43.7 Å². The molecule has 0 aliphatic heterocycles. The van der Waals surface area contributed by atoms with E-state index in [0.29, 0.717) is 5.56 Å². The number of halogens is 2. The molecule has 0 aliphatic rings. The van der Waals surface area contributed by atoms with Crippen molar-refractivity contribution in [3.8, 4) is 0 Å². The lowest BCUT2D eigenvalue weighted by atomic mass is 9.88. The first-order valence-electron chi connectivity index (χ1n) is 6.16. The van der Waals surface area contributed by atoms with Crippen LogP contribution >= 0.6 is 0 Å². The first-order chi connectivity index (χ1) is 8.92. The van der Waals surface area contributed by atoms with E-state index in [2.05, 4.69) is 5.32 Å². The summed E-state index contributed by atoms with van der Waals surface area (Å²) in [5, 5.41) is 13.7. The fraction of sp³-hybridized carbons (Fsp3) is 0.538. The highest BCUT2D eigenvalue weighted by Gasteiger charge is 2.24. The Morgan fingerprint density at radius 1 is 1.37 bits per heavy atom. The van der Waals surface area contributed by atoms with Gasteiger partial charge < -0.3 is 5.32 Å². The molecule has 1 N–H and O–H groups in total. The van der Waals surface area contributed by atoms with Gasteiger partial charge in [0.05, 0.1) is 4.92 Å². The lowest BCUT2D eigenvalue weighted by molar-refractivity contribution is -0.385. The van der Waals surface area contributed by atoms with Crippen LogP contribution in [0.2, 0.25) is 0 Å². The summed E-state index contributed by atoms with van der Waals surface area (Å²) in [6.07, 6.45) is -1.93. The van der Waals surface area contributed by atoms with Gasteiger partial charge in [0.25, 0.3) is 12.1 Å². The number of alkyl halides is 2. The maximum Gasteiger partial charge on any atom is 0.269 e. The van der Waals surface area contributed by atoms with Crippen LogP contribution < -0.4 is 5.32 Å². The third kappa shape index (κ3) is 3.47. The van der Waals surface area contributed by atoms with Crippen molar-refractivity contribution in [3.63, 3.8) is 0 Å². The molecule has 0 aromatic heterocycles. The number of nitrogens with one attached hydrogen (secondary N) is 1. The predicted molar refractivity (Wildman–Crippen MR) is 69.6 cm³/mol. The Labute approximate surface area is 111 Å². The van der Waals surface area contributed by atoms with Crippen molar-refractivity contribution in [2.24, 2.45) is 0 Å². The van der Waals surface area contributed by atoms with Crippen LogP contribution in [-0.4, -0.2) is 18.0 Å². The third-order valence-electron chi connectivity index (χ3n) is 3.42. The number of benzene rings is 1.